The minimum absolute atomic E-state index is 0.0894. The van der Waals surface area contributed by atoms with Crippen molar-refractivity contribution in [3.05, 3.63) is 63.5 Å². The van der Waals surface area contributed by atoms with Gasteiger partial charge in [0.25, 0.3) is 11.7 Å². The molecule has 0 radical (unpaired) electrons. The van der Waals surface area contributed by atoms with Crippen LogP contribution >= 0.6 is 0 Å². The molecule has 208 valence electrons. The van der Waals surface area contributed by atoms with Gasteiger partial charge in [-0.2, -0.15) is 0 Å². The lowest BCUT2D eigenvalue weighted by atomic mass is 9.93. The quantitative estimate of drug-likeness (QED) is 0.224. The van der Waals surface area contributed by atoms with E-state index in [1.54, 1.807) is 45.0 Å². The molecule has 2 N–H and O–H groups in total. The van der Waals surface area contributed by atoms with Crippen molar-refractivity contribution in [2.75, 3.05) is 53.1 Å². The van der Waals surface area contributed by atoms with E-state index in [1.165, 1.54) is 12.0 Å². The summed E-state index contributed by atoms with van der Waals surface area (Å²) in [6, 6.07) is 5.47. The number of amides is 1. The number of rotatable bonds is 8. The number of carbonyl (C=O) groups is 4. The maximum Gasteiger partial charge on any atom is 0.355 e. The molecule has 1 aromatic heterocycles. The van der Waals surface area contributed by atoms with Crippen molar-refractivity contribution >= 4 is 29.4 Å². The first-order valence-corrected chi connectivity index (χ1v) is 12.8. The summed E-state index contributed by atoms with van der Waals surface area (Å²) in [5, 5.41) is 11.5. The largest absolute Gasteiger partial charge is 0.507 e. The Hall–Kier alpha value is -3.96. The number of aromatic amines is 1. The van der Waals surface area contributed by atoms with Gasteiger partial charge in [-0.3, -0.25) is 14.5 Å². The van der Waals surface area contributed by atoms with Gasteiger partial charge in [0.2, 0.25) is 0 Å². The molecule has 1 amide bonds. The highest BCUT2D eigenvalue weighted by atomic mass is 16.5. The number of benzene rings is 1. The van der Waals surface area contributed by atoms with Crippen molar-refractivity contribution in [2.24, 2.45) is 0 Å². The first-order valence-electron chi connectivity index (χ1n) is 12.8. The Morgan fingerprint density at radius 1 is 1.08 bits per heavy atom. The number of Topliss-reactive ketones (excluding diaryl/α,β-unsaturated/α-hetero) is 1. The van der Waals surface area contributed by atoms with Gasteiger partial charge in [0.05, 0.1) is 44.1 Å². The van der Waals surface area contributed by atoms with Crippen molar-refractivity contribution in [1.82, 2.24) is 14.8 Å². The zero-order chi connectivity index (χ0) is 28.3. The molecule has 2 aromatic rings. The number of H-pyrrole nitrogens is 1. The standard InChI is InChI=1S/C28H33N3O8/c1-5-39-28(36)22-16(2)20(17(3)29-22)24(32)21-23(18-6-8-19(9-7-18)27(35)37-4)31(26(34)25(21)33)11-10-30-12-14-38-15-13-30/h6-9,23,29,32H,5,10-15H2,1-4H3/b24-21+. The first kappa shape index (κ1) is 28.1. The van der Waals surface area contributed by atoms with Crippen molar-refractivity contribution in [3.63, 3.8) is 0 Å². The van der Waals surface area contributed by atoms with E-state index in [9.17, 15) is 24.3 Å². The minimum Gasteiger partial charge on any atom is -0.507 e. The molecule has 0 bridgehead atoms. The summed E-state index contributed by atoms with van der Waals surface area (Å²) in [6.07, 6.45) is 0. The third kappa shape index (κ3) is 5.45. The molecule has 0 aliphatic carbocycles. The lowest BCUT2D eigenvalue weighted by Crippen LogP contribution is -2.42. The monoisotopic (exact) mass is 539 g/mol. The summed E-state index contributed by atoms with van der Waals surface area (Å²) < 4.78 is 15.3. The van der Waals surface area contributed by atoms with Gasteiger partial charge in [-0.15, -0.1) is 0 Å². The molecule has 11 nitrogen and oxygen atoms in total. The van der Waals surface area contributed by atoms with Crippen LogP contribution in [-0.4, -0.2) is 96.6 Å². The maximum atomic E-state index is 13.4. The molecule has 2 aliphatic heterocycles. The number of nitrogens with one attached hydrogen (secondary N) is 1. The number of methoxy groups -OCH3 is 1. The number of hydrogen-bond donors (Lipinski definition) is 2. The normalized spacial score (nSPS) is 19.4. The van der Waals surface area contributed by atoms with Gasteiger partial charge in [-0.1, -0.05) is 12.1 Å². The van der Waals surface area contributed by atoms with Gasteiger partial charge in [0.15, 0.2) is 0 Å². The second-order valence-corrected chi connectivity index (χ2v) is 9.41. The number of aliphatic hydroxyl groups excluding tert-OH is 1. The number of morpholine rings is 1. The molecule has 2 aliphatic rings. The number of likely N-dealkylation sites (tertiary alicyclic amines) is 1. The summed E-state index contributed by atoms with van der Waals surface area (Å²) in [4.78, 5) is 57.7. The smallest absolute Gasteiger partial charge is 0.355 e. The molecule has 11 heteroatoms. The molecular weight excluding hydrogens is 506 g/mol. The van der Waals surface area contributed by atoms with Gasteiger partial charge >= 0.3 is 11.9 Å². The number of esters is 2. The Labute approximate surface area is 226 Å². The van der Waals surface area contributed by atoms with Crippen molar-refractivity contribution < 1.29 is 38.5 Å². The van der Waals surface area contributed by atoms with Crippen molar-refractivity contribution in [3.8, 4) is 0 Å². The molecule has 0 spiro atoms. The molecule has 39 heavy (non-hydrogen) atoms. The Bertz CT molecular complexity index is 1300. The lowest BCUT2D eigenvalue weighted by molar-refractivity contribution is -0.140. The number of ketones is 1. The van der Waals surface area contributed by atoms with E-state index in [0.29, 0.717) is 55.2 Å². The number of aromatic nitrogens is 1. The Morgan fingerprint density at radius 2 is 1.74 bits per heavy atom. The Balaban J connectivity index is 1.80. The zero-order valence-corrected chi connectivity index (χ0v) is 22.5. The fourth-order valence-electron chi connectivity index (χ4n) is 5.10. The minimum atomic E-state index is -0.905. The van der Waals surface area contributed by atoms with Crippen LogP contribution in [0.25, 0.3) is 5.76 Å². The molecule has 2 fully saturated rings. The first-order chi connectivity index (χ1) is 18.7. The van der Waals surface area contributed by atoms with Gasteiger partial charge in [0.1, 0.15) is 11.5 Å². The predicted molar refractivity (Wildman–Crippen MR) is 140 cm³/mol. The van der Waals surface area contributed by atoms with Crippen molar-refractivity contribution in [1.29, 1.82) is 0 Å². The van der Waals surface area contributed by atoms with Crippen molar-refractivity contribution in [2.45, 2.75) is 26.8 Å². The SMILES string of the molecule is CCOC(=O)c1[nH]c(C)c(/C(O)=C2\C(=O)C(=O)N(CCN3CCOCC3)C2c2ccc(C(=O)OC)cc2)c1C. The van der Waals surface area contributed by atoms with Crippen LogP contribution in [-0.2, 0) is 23.8 Å². The number of carbonyl (C=O) groups excluding carboxylic acids is 4. The lowest BCUT2D eigenvalue weighted by Gasteiger charge is -2.31. The highest BCUT2D eigenvalue weighted by Crippen LogP contribution is 2.41. The molecule has 1 atom stereocenters. The second-order valence-electron chi connectivity index (χ2n) is 9.41. The molecular formula is C28H33N3O8. The topological polar surface area (TPSA) is 138 Å². The number of hydrogen-bond acceptors (Lipinski definition) is 9. The van der Waals surface area contributed by atoms with E-state index < -0.39 is 29.7 Å². The highest BCUT2D eigenvalue weighted by molar-refractivity contribution is 6.46. The van der Waals surface area contributed by atoms with Crippen LogP contribution in [0.4, 0.5) is 0 Å². The highest BCUT2D eigenvalue weighted by Gasteiger charge is 2.46. The zero-order valence-electron chi connectivity index (χ0n) is 22.5. The summed E-state index contributed by atoms with van der Waals surface area (Å²) in [6.45, 7) is 8.52. The van der Waals surface area contributed by atoms with E-state index in [0.717, 1.165) is 0 Å². The van der Waals surface area contributed by atoms with Crippen LogP contribution in [0.3, 0.4) is 0 Å². The van der Waals surface area contributed by atoms with Crippen LogP contribution in [0.5, 0.6) is 0 Å². The number of ether oxygens (including phenoxy) is 3. The maximum absolute atomic E-state index is 13.4. The molecule has 3 heterocycles. The number of nitrogens with zero attached hydrogens (tertiary/aromatic N) is 2. The second kappa shape index (κ2) is 11.8. The number of aryl methyl sites for hydroxylation is 1. The van der Waals surface area contributed by atoms with Crippen LogP contribution in [0.1, 0.15) is 56.2 Å². The Morgan fingerprint density at radius 3 is 2.36 bits per heavy atom. The van der Waals surface area contributed by atoms with Gasteiger partial charge < -0.3 is 29.2 Å². The van der Waals surface area contributed by atoms with E-state index in [-0.39, 0.29) is 35.7 Å². The summed E-state index contributed by atoms with van der Waals surface area (Å²) in [5.41, 5.74) is 2.05. The van der Waals surface area contributed by atoms with Gasteiger partial charge in [-0.05, 0) is 44.0 Å². The fraction of sp³-hybridized carbons (Fsp3) is 0.429. The van der Waals surface area contributed by atoms with E-state index in [1.807, 2.05) is 0 Å². The van der Waals surface area contributed by atoms with E-state index >= 15 is 0 Å². The van der Waals surface area contributed by atoms with Gasteiger partial charge in [0, 0.05) is 37.4 Å². The van der Waals surface area contributed by atoms with Crippen LogP contribution in [0.15, 0.2) is 29.8 Å². The summed E-state index contributed by atoms with van der Waals surface area (Å²) >= 11 is 0. The third-order valence-corrected chi connectivity index (χ3v) is 7.10. The Kier molecular flexibility index (Phi) is 8.51. The van der Waals surface area contributed by atoms with E-state index in [2.05, 4.69) is 9.88 Å². The van der Waals surface area contributed by atoms with Crippen LogP contribution in [0.2, 0.25) is 0 Å². The number of aliphatic hydroxyl groups is 1. The average Bonchev–Trinajstić information content (AvgIpc) is 3.38. The van der Waals surface area contributed by atoms with Gasteiger partial charge in [-0.25, -0.2) is 9.59 Å². The van der Waals surface area contributed by atoms with E-state index in [4.69, 9.17) is 14.2 Å². The molecule has 1 aromatic carbocycles. The molecule has 1 unspecified atom stereocenters. The summed E-state index contributed by atoms with van der Waals surface area (Å²) in [7, 11) is 1.28. The fourth-order valence-corrected chi connectivity index (χ4v) is 5.10. The average molecular weight is 540 g/mol. The summed E-state index contributed by atoms with van der Waals surface area (Å²) in [5.74, 6) is -3.05. The van der Waals surface area contributed by atoms with Crippen LogP contribution in [0, 0.1) is 13.8 Å². The molecule has 0 saturated carbocycles. The van der Waals surface area contributed by atoms with Crippen LogP contribution < -0.4 is 0 Å². The third-order valence-electron chi connectivity index (χ3n) is 7.10. The molecule has 2 saturated heterocycles. The predicted octanol–water partition coefficient (Wildman–Crippen LogP) is 2.35. The molecule has 4 rings (SSSR count).